The van der Waals surface area contributed by atoms with Crippen LogP contribution >= 0.6 is 0 Å². The third-order valence-electron chi connectivity index (χ3n) is 5.36. The van der Waals surface area contributed by atoms with Crippen LogP contribution in [0.1, 0.15) is 5.69 Å². The van der Waals surface area contributed by atoms with Gasteiger partial charge in [0.25, 0.3) is 0 Å². The van der Waals surface area contributed by atoms with Gasteiger partial charge in [-0.1, -0.05) is 0 Å². The molecule has 5 aromatic heterocycles. The Labute approximate surface area is 166 Å². The minimum Gasteiger partial charge on any atom is -0.336 e. The molecule has 0 aliphatic carbocycles. The Hall–Kier alpha value is -3.72. The summed E-state index contributed by atoms with van der Waals surface area (Å²) in [6.45, 7) is 2.82. The summed E-state index contributed by atoms with van der Waals surface area (Å²) in [6.07, 6.45) is 9.39. The Morgan fingerprint density at radius 1 is 1.07 bits per heavy atom. The van der Waals surface area contributed by atoms with E-state index in [1.54, 1.807) is 12.4 Å². The predicted octanol–water partition coefficient (Wildman–Crippen LogP) is 2.66. The van der Waals surface area contributed by atoms with E-state index in [9.17, 15) is 0 Å². The number of hydrogen-bond donors (Lipinski definition) is 2. The zero-order chi connectivity index (χ0) is 19.4. The fraction of sp³-hybridized carbons (Fsp3) is 0.200. The van der Waals surface area contributed by atoms with E-state index in [0.29, 0.717) is 0 Å². The van der Waals surface area contributed by atoms with E-state index in [2.05, 4.69) is 66.5 Å². The highest BCUT2D eigenvalue weighted by Gasteiger charge is 2.17. The second-order valence-corrected chi connectivity index (χ2v) is 7.43. The van der Waals surface area contributed by atoms with Gasteiger partial charge in [-0.05, 0) is 19.2 Å². The number of anilines is 2. The third-order valence-corrected chi connectivity index (χ3v) is 5.36. The van der Waals surface area contributed by atoms with Crippen molar-refractivity contribution in [2.24, 2.45) is 0 Å². The summed E-state index contributed by atoms with van der Waals surface area (Å²) >= 11 is 0. The first-order valence-corrected chi connectivity index (χ1v) is 9.51. The first-order valence-electron chi connectivity index (χ1n) is 9.51. The van der Waals surface area contributed by atoms with Crippen LogP contribution in [0.2, 0.25) is 0 Å². The number of fused-ring (bicyclic) bond motifs is 3. The number of rotatable bonds is 3. The molecule has 9 heteroatoms. The summed E-state index contributed by atoms with van der Waals surface area (Å²) in [5.74, 6) is 0.833. The van der Waals surface area contributed by atoms with E-state index in [4.69, 9.17) is 5.10 Å². The molecule has 0 saturated carbocycles. The maximum absolute atomic E-state index is 4.72. The van der Waals surface area contributed by atoms with Crippen LogP contribution in [0, 0.1) is 0 Å². The molecular weight excluding hydrogens is 366 g/mol. The van der Waals surface area contributed by atoms with Crippen LogP contribution in [0.4, 0.5) is 11.5 Å². The zero-order valence-corrected chi connectivity index (χ0v) is 15.9. The fourth-order valence-electron chi connectivity index (χ4n) is 3.87. The monoisotopic (exact) mass is 385 g/mol. The predicted molar refractivity (Wildman–Crippen MR) is 110 cm³/mol. The van der Waals surface area contributed by atoms with Crippen LogP contribution in [0.25, 0.3) is 27.8 Å². The Bertz CT molecular complexity index is 1340. The number of imidazole rings is 1. The highest BCUT2D eigenvalue weighted by molar-refractivity contribution is 5.83. The number of hydrogen-bond acceptors (Lipinski definition) is 6. The van der Waals surface area contributed by atoms with Crippen molar-refractivity contribution in [1.29, 1.82) is 0 Å². The van der Waals surface area contributed by atoms with E-state index in [-0.39, 0.29) is 0 Å². The third kappa shape index (κ3) is 2.74. The van der Waals surface area contributed by atoms with Gasteiger partial charge in [-0.2, -0.15) is 10.2 Å². The second-order valence-electron chi connectivity index (χ2n) is 7.43. The number of aromatic amines is 1. The van der Waals surface area contributed by atoms with Crippen LogP contribution in [0.15, 0.2) is 49.2 Å². The van der Waals surface area contributed by atoms with Gasteiger partial charge in [0, 0.05) is 55.1 Å². The van der Waals surface area contributed by atoms with Gasteiger partial charge in [-0.15, -0.1) is 0 Å². The van der Waals surface area contributed by atoms with E-state index < -0.39 is 0 Å². The summed E-state index contributed by atoms with van der Waals surface area (Å²) in [7, 11) is 2.13. The Morgan fingerprint density at radius 2 is 2.03 bits per heavy atom. The molecule has 5 aromatic rings. The van der Waals surface area contributed by atoms with Gasteiger partial charge in [-0.3, -0.25) is 19.7 Å². The zero-order valence-electron chi connectivity index (χ0n) is 15.9. The standard InChI is InChI=1S/C20H19N9/c1-27-4-5-29-15(12-27)8-19(26-29)24-17-7-14(11-28-3-2-21-20(17)28)13-6-16-18(22-9-13)10-23-25-16/h2-3,6-11H,4-5,12H2,1H3,(H,23,25)(H,24,26). The van der Waals surface area contributed by atoms with Gasteiger partial charge in [0.1, 0.15) is 5.52 Å². The van der Waals surface area contributed by atoms with Crippen molar-refractivity contribution in [3.63, 3.8) is 0 Å². The molecule has 0 fully saturated rings. The molecule has 2 N–H and O–H groups in total. The Morgan fingerprint density at radius 3 is 3.00 bits per heavy atom. The van der Waals surface area contributed by atoms with Crippen LogP contribution in [0.5, 0.6) is 0 Å². The van der Waals surface area contributed by atoms with Crippen LogP contribution in [0.3, 0.4) is 0 Å². The number of pyridine rings is 2. The van der Waals surface area contributed by atoms with Crippen molar-refractivity contribution < 1.29 is 0 Å². The Balaban J connectivity index is 1.42. The lowest BCUT2D eigenvalue weighted by Gasteiger charge is -2.22. The van der Waals surface area contributed by atoms with Crippen molar-refractivity contribution in [2.45, 2.75) is 13.1 Å². The highest BCUT2D eigenvalue weighted by Crippen LogP contribution is 2.29. The molecule has 0 radical (unpaired) electrons. The summed E-state index contributed by atoms with van der Waals surface area (Å²) in [5, 5.41) is 15.2. The smallest absolute Gasteiger partial charge is 0.160 e. The minimum atomic E-state index is 0.833. The summed E-state index contributed by atoms with van der Waals surface area (Å²) in [4.78, 5) is 11.3. The van der Waals surface area contributed by atoms with Gasteiger partial charge in [0.05, 0.1) is 29.6 Å². The lowest BCUT2D eigenvalue weighted by molar-refractivity contribution is 0.259. The first kappa shape index (κ1) is 16.3. The van der Waals surface area contributed by atoms with E-state index in [0.717, 1.165) is 58.9 Å². The van der Waals surface area contributed by atoms with Gasteiger partial charge in [0.15, 0.2) is 11.5 Å². The van der Waals surface area contributed by atoms with E-state index >= 15 is 0 Å². The second kappa shape index (κ2) is 6.14. The van der Waals surface area contributed by atoms with Crippen molar-refractivity contribution in [1.82, 2.24) is 39.2 Å². The molecule has 0 atom stereocenters. The Kier molecular flexibility index (Phi) is 3.44. The highest BCUT2D eigenvalue weighted by atomic mass is 15.4. The van der Waals surface area contributed by atoms with Crippen molar-refractivity contribution in [3.8, 4) is 11.1 Å². The molecular formula is C20H19N9. The molecule has 0 bridgehead atoms. The quantitative estimate of drug-likeness (QED) is 0.496. The molecule has 144 valence electrons. The number of nitrogens with zero attached hydrogens (tertiary/aromatic N) is 7. The van der Waals surface area contributed by atoms with Crippen LogP contribution in [-0.2, 0) is 13.1 Å². The maximum Gasteiger partial charge on any atom is 0.160 e. The average Bonchev–Trinajstić information content (AvgIpc) is 3.45. The molecule has 29 heavy (non-hydrogen) atoms. The molecule has 0 unspecified atom stereocenters. The average molecular weight is 385 g/mol. The summed E-state index contributed by atoms with van der Waals surface area (Å²) in [6, 6.07) is 6.26. The topological polar surface area (TPSA) is 92.0 Å². The molecule has 0 saturated heterocycles. The molecule has 0 aromatic carbocycles. The number of nitrogens with one attached hydrogen (secondary N) is 2. The van der Waals surface area contributed by atoms with Crippen LogP contribution < -0.4 is 5.32 Å². The first-order chi connectivity index (χ1) is 14.2. The minimum absolute atomic E-state index is 0.833. The molecule has 1 aliphatic heterocycles. The largest absolute Gasteiger partial charge is 0.336 e. The van der Waals surface area contributed by atoms with Crippen molar-refractivity contribution in [3.05, 3.63) is 54.9 Å². The maximum atomic E-state index is 4.72. The lowest BCUT2D eigenvalue weighted by Crippen LogP contribution is -2.30. The lowest BCUT2D eigenvalue weighted by atomic mass is 10.1. The van der Waals surface area contributed by atoms with Crippen molar-refractivity contribution in [2.75, 3.05) is 18.9 Å². The van der Waals surface area contributed by atoms with E-state index in [1.807, 2.05) is 16.8 Å². The molecule has 0 spiro atoms. The normalized spacial score (nSPS) is 14.5. The molecule has 0 amide bonds. The molecule has 6 rings (SSSR count). The number of likely N-dealkylation sites (N-methyl/N-ethyl adjacent to an activating group) is 1. The van der Waals surface area contributed by atoms with Gasteiger partial charge < -0.3 is 9.72 Å². The molecule has 9 nitrogen and oxygen atoms in total. The molecule has 1 aliphatic rings. The fourth-order valence-corrected chi connectivity index (χ4v) is 3.87. The van der Waals surface area contributed by atoms with Gasteiger partial charge in [0.2, 0.25) is 0 Å². The van der Waals surface area contributed by atoms with Gasteiger partial charge >= 0.3 is 0 Å². The van der Waals surface area contributed by atoms with Gasteiger partial charge in [-0.25, -0.2) is 4.98 Å². The van der Waals surface area contributed by atoms with E-state index in [1.165, 1.54) is 5.69 Å². The summed E-state index contributed by atoms with van der Waals surface area (Å²) in [5.41, 5.74) is 6.77. The SMILES string of the molecule is CN1CCn2nc(Nc3cc(-c4cnc5cn[nH]c5c4)cn4ccnc34)cc2C1. The number of H-pyrrole nitrogens is 1. The number of aromatic nitrogens is 7. The summed E-state index contributed by atoms with van der Waals surface area (Å²) < 4.78 is 4.09. The van der Waals surface area contributed by atoms with Crippen LogP contribution in [-0.4, -0.2) is 52.8 Å². The van der Waals surface area contributed by atoms with Crippen molar-refractivity contribution >= 4 is 28.2 Å². The molecule has 6 heterocycles.